The average Bonchev–Trinajstić information content (AvgIpc) is 3.33. The van der Waals surface area contributed by atoms with Gasteiger partial charge in [0.15, 0.2) is 0 Å². The Hall–Kier alpha value is -1.32. The normalized spacial score (nSPS) is 37.4. The van der Waals surface area contributed by atoms with E-state index in [1.807, 2.05) is 9.80 Å². The lowest BCUT2D eigenvalue weighted by molar-refractivity contribution is -0.959. The third-order valence-electron chi connectivity index (χ3n) is 7.76. The molecular weight excluding hydrogens is 318 g/mol. The Morgan fingerprint density at radius 1 is 0.885 bits per heavy atom. The van der Waals surface area contributed by atoms with Crippen molar-refractivity contribution < 1.29 is 9.80 Å². The molecule has 2 N–H and O–H groups in total. The number of nitrogens with zero attached hydrogens (tertiary/aromatic N) is 1. The maximum absolute atomic E-state index is 2.58. The first-order valence-electron chi connectivity index (χ1n) is 11.0. The zero-order valence-electron chi connectivity index (χ0n) is 16.1. The third-order valence-corrected chi connectivity index (χ3v) is 7.76. The van der Waals surface area contributed by atoms with E-state index in [9.17, 15) is 0 Å². The predicted molar refractivity (Wildman–Crippen MR) is 107 cm³/mol. The number of para-hydroxylation sites is 1. The molecule has 140 valence electrons. The molecule has 0 unspecified atom stereocenters. The number of nitrogens with one attached hydrogen (secondary N) is 2. The fourth-order valence-corrected chi connectivity index (χ4v) is 6.24. The summed E-state index contributed by atoms with van der Waals surface area (Å²) in [5, 5.41) is 0. The van der Waals surface area contributed by atoms with Crippen molar-refractivity contribution in [3.63, 3.8) is 0 Å². The first kappa shape index (κ1) is 16.8. The summed E-state index contributed by atoms with van der Waals surface area (Å²) in [6.07, 6.45) is 10.9. The largest absolute Gasteiger partial charge is 0.360 e. The highest BCUT2D eigenvalue weighted by atomic mass is 15.3. The highest BCUT2D eigenvalue weighted by Crippen LogP contribution is 2.42. The summed E-state index contributed by atoms with van der Waals surface area (Å²) in [5.74, 6) is 2.87. The van der Waals surface area contributed by atoms with Crippen molar-refractivity contribution in [1.82, 2.24) is 0 Å². The van der Waals surface area contributed by atoms with Crippen LogP contribution in [0.25, 0.3) is 0 Å². The molecule has 0 aromatic heterocycles. The molecule has 1 saturated carbocycles. The minimum absolute atomic E-state index is 0.927. The number of hydrogen-bond donors (Lipinski definition) is 2. The summed E-state index contributed by atoms with van der Waals surface area (Å²) in [6, 6.07) is 11.9. The summed E-state index contributed by atoms with van der Waals surface area (Å²) in [5.41, 5.74) is 1.41. The molecule has 1 aromatic carbocycles. The van der Waals surface area contributed by atoms with Crippen molar-refractivity contribution >= 4 is 5.69 Å². The number of quaternary nitrogens is 2. The molecule has 1 aromatic rings. The van der Waals surface area contributed by atoms with Gasteiger partial charge in [-0.1, -0.05) is 30.4 Å². The van der Waals surface area contributed by atoms with Crippen LogP contribution >= 0.6 is 0 Å². The maximum atomic E-state index is 2.58. The number of rotatable bonds is 4. The minimum atomic E-state index is 0.927. The fraction of sp³-hybridized carbons (Fsp3) is 0.652. The van der Waals surface area contributed by atoms with Gasteiger partial charge in [-0.05, 0) is 36.8 Å². The minimum Gasteiger partial charge on any atom is -0.360 e. The van der Waals surface area contributed by atoms with Crippen LogP contribution < -0.4 is 14.7 Å². The summed E-state index contributed by atoms with van der Waals surface area (Å²) < 4.78 is 0. The average molecular weight is 354 g/mol. The fourth-order valence-electron chi connectivity index (χ4n) is 6.24. The number of anilines is 1. The highest BCUT2D eigenvalue weighted by Gasteiger charge is 2.39. The molecule has 4 aliphatic rings. The molecule has 3 atom stereocenters. The Morgan fingerprint density at radius 2 is 1.65 bits per heavy atom. The molecule has 2 bridgehead atoms. The van der Waals surface area contributed by atoms with Crippen molar-refractivity contribution in [2.24, 2.45) is 17.8 Å². The standard InChI is InChI=1S/C23H33N3/c1-2-4-22(5-3-1)25-12-14-26(15-13-25)23-8-10-24(11-9-23)18-21-17-19-6-7-20(21)16-19/h1-7,19-21,23H,8-18H2/p+2/t19-,20-,21+/m0/s1. The number of likely N-dealkylation sites (tertiary alicyclic amines) is 1. The molecule has 3 heteroatoms. The summed E-state index contributed by atoms with van der Waals surface area (Å²) >= 11 is 0. The molecule has 0 spiro atoms. The van der Waals surface area contributed by atoms with Crippen LogP contribution in [0.3, 0.4) is 0 Å². The van der Waals surface area contributed by atoms with Crippen LogP contribution in [0.2, 0.25) is 0 Å². The number of allylic oxidation sites excluding steroid dienone is 2. The van der Waals surface area contributed by atoms with Crippen LogP contribution in [0.15, 0.2) is 42.5 Å². The zero-order valence-corrected chi connectivity index (χ0v) is 16.1. The van der Waals surface area contributed by atoms with Gasteiger partial charge in [-0.2, -0.15) is 0 Å². The van der Waals surface area contributed by atoms with Gasteiger partial charge < -0.3 is 14.7 Å². The quantitative estimate of drug-likeness (QED) is 0.758. The lowest BCUT2D eigenvalue weighted by Crippen LogP contribution is -3.22. The molecule has 2 saturated heterocycles. The molecule has 0 amide bonds. The van der Waals surface area contributed by atoms with E-state index < -0.39 is 0 Å². The van der Waals surface area contributed by atoms with Crippen LogP contribution in [0.4, 0.5) is 5.69 Å². The molecule has 2 aliphatic carbocycles. The second kappa shape index (κ2) is 7.36. The number of hydrogen-bond acceptors (Lipinski definition) is 1. The van der Waals surface area contributed by atoms with Gasteiger partial charge in [0.25, 0.3) is 0 Å². The first-order valence-corrected chi connectivity index (χ1v) is 11.0. The van der Waals surface area contributed by atoms with Gasteiger partial charge in [0.2, 0.25) is 0 Å². The summed E-state index contributed by atoms with van der Waals surface area (Å²) in [7, 11) is 0. The van der Waals surface area contributed by atoms with Crippen LogP contribution in [-0.4, -0.2) is 51.9 Å². The molecule has 0 radical (unpaired) electrons. The second-order valence-corrected chi connectivity index (χ2v) is 9.25. The van der Waals surface area contributed by atoms with Gasteiger partial charge in [-0.25, -0.2) is 0 Å². The van der Waals surface area contributed by atoms with Crippen LogP contribution in [0.5, 0.6) is 0 Å². The van der Waals surface area contributed by atoms with E-state index in [4.69, 9.17) is 0 Å². The van der Waals surface area contributed by atoms with E-state index >= 15 is 0 Å². The molecule has 5 rings (SSSR count). The van der Waals surface area contributed by atoms with E-state index in [-0.39, 0.29) is 0 Å². The van der Waals surface area contributed by atoms with Crippen LogP contribution in [0.1, 0.15) is 25.7 Å². The molecular formula is C23H35N3+2. The third kappa shape index (κ3) is 3.44. The Morgan fingerprint density at radius 3 is 2.31 bits per heavy atom. The van der Waals surface area contributed by atoms with Gasteiger partial charge in [0.05, 0.1) is 51.9 Å². The zero-order chi connectivity index (χ0) is 17.3. The smallest absolute Gasteiger partial charge is 0.0984 e. The number of piperidine rings is 1. The lowest BCUT2D eigenvalue weighted by Gasteiger charge is -2.40. The van der Waals surface area contributed by atoms with Gasteiger partial charge in [-0.3, -0.25) is 0 Å². The van der Waals surface area contributed by atoms with E-state index in [0.29, 0.717) is 0 Å². The molecule has 2 heterocycles. The Labute approximate surface area is 158 Å². The van der Waals surface area contributed by atoms with Gasteiger partial charge >= 0.3 is 0 Å². The topological polar surface area (TPSA) is 12.1 Å². The van der Waals surface area contributed by atoms with Crippen molar-refractivity contribution in [1.29, 1.82) is 0 Å². The van der Waals surface area contributed by atoms with E-state index in [2.05, 4.69) is 47.4 Å². The number of benzene rings is 1. The van der Waals surface area contributed by atoms with Gasteiger partial charge in [0, 0.05) is 24.4 Å². The number of fused-ring (bicyclic) bond motifs is 2. The second-order valence-electron chi connectivity index (χ2n) is 9.25. The van der Waals surface area contributed by atoms with Gasteiger partial charge in [-0.15, -0.1) is 0 Å². The van der Waals surface area contributed by atoms with E-state index in [0.717, 1.165) is 23.8 Å². The van der Waals surface area contributed by atoms with Crippen molar-refractivity contribution in [3.8, 4) is 0 Å². The van der Waals surface area contributed by atoms with Crippen molar-refractivity contribution in [2.45, 2.75) is 31.7 Å². The molecule has 26 heavy (non-hydrogen) atoms. The highest BCUT2D eigenvalue weighted by molar-refractivity contribution is 5.46. The Kier molecular flexibility index (Phi) is 4.76. The Bertz CT molecular complexity index is 612. The Balaban J connectivity index is 1.07. The lowest BCUT2D eigenvalue weighted by atomic mass is 9.92. The van der Waals surface area contributed by atoms with Crippen LogP contribution in [0, 0.1) is 17.8 Å². The van der Waals surface area contributed by atoms with E-state index in [1.54, 1.807) is 0 Å². The molecule has 3 nitrogen and oxygen atoms in total. The van der Waals surface area contributed by atoms with Crippen LogP contribution in [-0.2, 0) is 0 Å². The molecule has 2 aliphatic heterocycles. The van der Waals surface area contributed by atoms with Gasteiger partial charge in [0.1, 0.15) is 0 Å². The SMILES string of the molecule is C1=C[C@H]2C[C@H]1C[C@@H]2C[NH+]1CCC([NH+]2CCN(c3ccccc3)CC2)CC1. The summed E-state index contributed by atoms with van der Waals surface area (Å²) in [4.78, 5) is 6.38. The summed E-state index contributed by atoms with van der Waals surface area (Å²) in [6.45, 7) is 9.41. The predicted octanol–water partition coefficient (Wildman–Crippen LogP) is 0.651. The molecule has 3 fully saturated rings. The van der Waals surface area contributed by atoms with E-state index in [1.165, 1.54) is 77.2 Å². The first-order chi connectivity index (χ1) is 12.8. The monoisotopic (exact) mass is 353 g/mol. The van der Waals surface area contributed by atoms with Crippen molar-refractivity contribution in [3.05, 3.63) is 42.5 Å². The van der Waals surface area contributed by atoms with Crippen molar-refractivity contribution in [2.75, 3.05) is 50.7 Å². The maximum Gasteiger partial charge on any atom is 0.0984 e. The number of piperazine rings is 1.